The van der Waals surface area contributed by atoms with Crippen molar-refractivity contribution >= 4 is 22.8 Å². The highest BCUT2D eigenvalue weighted by Crippen LogP contribution is 2.18. The maximum Gasteiger partial charge on any atom is 0.242 e. The Balaban J connectivity index is 1.66. The summed E-state index contributed by atoms with van der Waals surface area (Å²) in [5.41, 5.74) is 4.62. The van der Waals surface area contributed by atoms with E-state index in [1.165, 1.54) is 0 Å². The summed E-state index contributed by atoms with van der Waals surface area (Å²) in [5.74, 6) is 0.0116. The lowest BCUT2D eigenvalue weighted by Gasteiger charge is -2.30. The van der Waals surface area contributed by atoms with Crippen LogP contribution in [0.4, 0.5) is 0 Å². The number of para-hydroxylation sites is 2. The van der Waals surface area contributed by atoms with E-state index in [0.29, 0.717) is 25.9 Å². The van der Waals surface area contributed by atoms with Crippen LogP contribution in [0.15, 0.2) is 30.6 Å². The number of nitrogens with one attached hydrogen (secondary N) is 1. The molecule has 1 aromatic heterocycles. The zero-order valence-electron chi connectivity index (χ0n) is 12.0. The molecule has 1 saturated heterocycles. The molecule has 3 rings (SSSR count). The maximum absolute atomic E-state index is 12.3. The van der Waals surface area contributed by atoms with Crippen LogP contribution in [0.2, 0.25) is 0 Å². The molecule has 0 radical (unpaired) electrons. The Morgan fingerprint density at radius 2 is 1.95 bits per heavy atom. The van der Waals surface area contributed by atoms with Gasteiger partial charge in [-0.1, -0.05) is 12.1 Å². The smallest absolute Gasteiger partial charge is 0.242 e. The molecule has 2 amide bonds. The number of aromatic nitrogens is 2. The second-order valence-electron chi connectivity index (χ2n) is 5.36. The number of carbonyl (C=O) groups excluding carboxylic acids is 2. The third-order valence-corrected chi connectivity index (χ3v) is 4.00. The van der Waals surface area contributed by atoms with Gasteiger partial charge in [0.25, 0.3) is 0 Å². The summed E-state index contributed by atoms with van der Waals surface area (Å²) in [6, 6.07) is 7.65. The first-order chi connectivity index (χ1) is 10.1. The highest BCUT2D eigenvalue weighted by Gasteiger charge is 2.26. The molecule has 6 nitrogen and oxygen atoms in total. The van der Waals surface area contributed by atoms with E-state index in [2.05, 4.69) is 10.4 Å². The van der Waals surface area contributed by atoms with Crippen LogP contribution in [0.1, 0.15) is 19.8 Å². The van der Waals surface area contributed by atoms with Gasteiger partial charge in [0.2, 0.25) is 11.8 Å². The van der Waals surface area contributed by atoms with Crippen LogP contribution < -0.4 is 5.43 Å². The molecule has 2 heterocycles. The molecule has 21 heavy (non-hydrogen) atoms. The summed E-state index contributed by atoms with van der Waals surface area (Å²) >= 11 is 0. The minimum Gasteiger partial charge on any atom is -0.343 e. The molecular formula is C15H18N4O2. The fourth-order valence-electron chi connectivity index (χ4n) is 2.71. The van der Waals surface area contributed by atoms with E-state index in [0.717, 1.165) is 11.0 Å². The molecule has 6 heteroatoms. The molecule has 1 N–H and O–H groups in total. The predicted molar refractivity (Wildman–Crippen MR) is 79.1 cm³/mol. The van der Waals surface area contributed by atoms with Gasteiger partial charge < -0.3 is 4.90 Å². The minimum absolute atomic E-state index is 0.0126. The van der Waals surface area contributed by atoms with Gasteiger partial charge in [0.15, 0.2) is 0 Å². The SMILES string of the molecule is CC(=O)N1CCC(C(=O)Nn2cnc3ccccc32)CC1. The summed E-state index contributed by atoms with van der Waals surface area (Å²) in [5, 5.41) is 0. The lowest BCUT2D eigenvalue weighted by molar-refractivity contribution is -0.132. The Morgan fingerprint density at radius 3 is 2.67 bits per heavy atom. The highest BCUT2D eigenvalue weighted by atomic mass is 16.2. The average molecular weight is 286 g/mol. The summed E-state index contributed by atoms with van der Waals surface area (Å²) in [4.78, 5) is 29.6. The van der Waals surface area contributed by atoms with Gasteiger partial charge >= 0.3 is 0 Å². The standard InChI is InChI=1S/C15H18N4O2/c1-11(20)18-8-6-12(7-9-18)15(21)17-19-10-16-13-4-2-3-5-14(13)19/h2-5,10,12H,6-9H2,1H3,(H,17,21). The summed E-state index contributed by atoms with van der Waals surface area (Å²) in [6.07, 6.45) is 3.03. The van der Waals surface area contributed by atoms with E-state index < -0.39 is 0 Å². The number of benzene rings is 1. The van der Waals surface area contributed by atoms with Crippen LogP contribution in [-0.4, -0.2) is 39.5 Å². The monoisotopic (exact) mass is 286 g/mol. The first kappa shape index (κ1) is 13.6. The topological polar surface area (TPSA) is 67.2 Å². The fraction of sp³-hybridized carbons (Fsp3) is 0.400. The zero-order chi connectivity index (χ0) is 14.8. The normalized spacial score (nSPS) is 16.1. The molecule has 0 atom stereocenters. The molecule has 1 aliphatic rings. The maximum atomic E-state index is 12.3. The Labute approximate surface area is 122 Å². The van der Waals surface area contributed by atoms with E-state index in [1.54, 1.807) is 22.8 Å². The highest BCUT2D eigenvalue weighted by molar-refractivity contribution is 5.88. The van der Waals surface area contributed by atoms with Gasteiger partial charge in [-0.3, -0.25) is 15.0 Å². The van der Waals surface area contributed by atoms with Crippen molar-refractivity contribution in [3.05, 3.63) is 30.6 Å². The average Bonchev–Trinajstić information content (AvgIpc) is 2.91. The van der Waals surface area contributed by atoms with Crippen molar-refractivity contribution in [1.82, 2.24) is 14.6 Å². The largest absolute Gasteiger partial charge is 0.343 e. The molecule has 0 aliphatic carbocycles. The number of nitrogens with zero attached hydrogens (tertiary/aromatic N) is 3. The van der Waals surface area contributed by atoms with E-state index >= 15 is 0 Å². The number of imidazole rings is 1. The quantitative estimate of drug-likeness (QED) is 0.906. The molecule has 0 saturated carbocycles. The van der Waals surface area contributed by atoms with Gasteiger partial charge in [-0.15, -0.1) is 0 Å². The van der Waals surface area contributed by atoms with E-state index in [-0.39, 0.29) is 17.7 Å². The fourth-order valence-corrected chi connectivity index (χ4v) is 2.71. The number of hydrogen-bond acceptors (Lipinski definition) is 3. The molecule has 1 aliphatic heterocycles. The number of likely N-dealkylation sites (tertiary alicyclic amines) is 1. The summed E-state index contributed by atoms with van der Waals surface area (Å²) in [7, 11) is 0. The van der Waals surface area contributed by atoms with Crippen molar-refractivity contribution in [1.29, 1.82) is 0 Å². The molecular weight excluding hydrogens is 268 g/mol. The van der Waals surface area contributed by atoms with Crippen LogP contribution in [0.3, 0.4) is 0 Å². The molecule has 110 valence electrons. The second-order valence-corrected chi connectivity index (χ2v) is 5.36. The third kappa shape index (κ3) is 2.74. The van der Waals surface area contributed by atoms with E-state index in [9.17, 15) is 9.59 Å². The number of amides is 2. The minimum atomic E-state index is -0.0539. The molecule has 0 unspecified atom stereocenters. The van der Waals surface area contributed by atoms with E-state index in [1.807, 2.05) is 24.3 Å². The van der Waals surface area contributed by atoms with Gasteiger partial charge in [-0.05, 0) is 25.0 Å². The van der Waals surface area contributed by atoms with Gasteiger partial charge in [0.1, 0.15) is 6.33 Å². The van der Waals surface area contributed by atoms with Crippen LogP contribution in [0.5, 0.6) is 0 Å². The van der Waals surface area contributed by atoms with Crippen molar-refractivity contribution in [2.45, 2.75) is 19.8 Å². The first-order valence-corrected chi connectivity index (χ1v) is 7.13. The molecule has 1 fully saturated rings. The third-order valence-electron chi connectivity index (χ3n) is 4.00. The number of rotatable bonds is 2. The van der Waals surface area contributed by atoms with Gasteiger partial charge in [0, 0.05) is 25.9 Å². The number of hydrogen-bond donors (Lipinski definition) is 1. The molecule has 0 spiro atoms. The Morgan fingerprint density at radius 1 is 1.24 bits per heavy atom. The number of piperidine rings is 1. The molecule has 0 bridgehead atoms. The van der Waals surface area contributed by atoms with Crippen LogP contribution >= 0.6 is 0 Å². The molecule has 1 aromatic carbocycles. The first-order valence-electron chi connectivity index (χ1n) is 7.13. The Hall–Kier alpha value is -2.37. The van der Waals surface area contributed by atoms with Crippen molar-refractivity contribution < 1.29 is 9.59 Å². The van der Waals surface area contributed by atoms with Gasteiger partial charge in [-0.2, -0.15) is 0 Å². The number of fused-ring (bicyclic) bond motifs is 1. The molecule has 2 aromatic rings. The van der Waals surface area contributed by atoms with Crippen LogP contribution in [0, 0.1) is 5.92 Å². The second kappa shape index (κ2) is 5.55. The van der Waals surface area contributed by atoms with Gasteiger partial charge in [-0.25, -0.2) is 9.66 Å². The van der Waals surface area contributed by atoms with Crippen molar-refractivity contribution in [3.8, 4) is 0 Å². The number of carbonyl (C=O) groups is 2. The van der Waals surface area contributed by atoms with Crippen LogP contribution in [-0.2, 0) is 9.59 Å². The summed E-state index contributed by atoms with van der Waals surface area (Å²) < 4.78 is 1.66. The lowest BCUT2D eigenvalue weighted by atomic mass is 9.96. The van der Waals surface area contributed by atoms with Crippen molar-refractivity contribution in [2.75, 3.05) is 18.5 Å². The Bertz CT molecular complexity index is 671. The predicted octanol–water partition coefficient (Wildman–Crippen LogP) is 1.36. The van der Waals surface area contributed by atoms with Gasteiger partial charge in [0.05, 0.1) is 11.0 Å². The summed E-state index contributed by atoms with van der Waals surface area (Å²) in [6.45, 7) is 2.87. The van der Waals surface area contributed by atoms with Crippen molar-refractivity contribution in [3.63, 3.8) is 0 Å². The Kier molecular flexibility index (Phi) is 3.60. The van der Waals surface area contributed by atoms with E-state index in [4.69, 9.17) is 0 Å². The zero-order valence-corrected chi connectivity index (χ0v) is 12.0. The van der Waals surface area contributed by atoms with Crippen LogP contribution in [0.25, 0.3) is 11.0 Å². The van der Waals surface area contributed by atoms with Crippen molar-refractivity contribution in [2.24, 2.45) is 5.92 Å². The lowest BCUT2D eigenvalue weighted by Crippen LogP contribution is -2.41.